The first kappa shape index (κ1) is 27.2. The molecule has 1 atom stereocenters. The lowest BCUT2D eigenvalue weighted by Crippen LogP contribution is -2.43. The minimum Gasteiger partial charge on any atom is -0.512 e. The summed E-state index contributed by atoms with van der Waals surface area (Å²) in [6, 6.07) is 18.0. The molecule has 0 fully saturated rings. The number of allylic oxidation sites excluding steroid dienone is 1. The van der Waals surface area contributed by atoms with Crippen LogP contribution in [-0.2, 0) is 18.8 Å². The topological polar surface area (TPSA) is 85.2 Å². The van der Waals surface area contributed by atoms with E-state index < -0.39 is 26.3 Å². The first-order valence-corrected chi connectivity index (χ1v) is 14.3. The van der Waals surface area contributed by atoms with E-state index in [1.54, 1.807) is 31.2 Å². The lowest BCUT2D eigenvalue weighted by atomic mass is 10.0. The molecule has 1 N–H and O–H groups in total. The summed E-state index contributed by atoms with van der Waals surface area (Å²) in [7, 11) is -2.37. The lowest BCUT2D eigenvalue weighted by molar-refractivity contribution is -0.138. The maximum Gasteiger partial charge on any atom is 0.343 e. The summed E-state index contributed by atoms with van der Waals surface area (Å²) in [6.07, 6.45) is -0.955. The molecule has 0 aliphatic carbocycles. The average Bonchev–Trinajstić information content (AvgIpc) is 2.77. The summed E-state index contributed by atoms with van der Waals surface area (Å²) in [5.74, 6) is -1.59. The highest BCUT2D eigenvalue weighted by Gasteiger charge is 2.41. The molecule has 0 heterocycles. The van der Waals surface area contributed by atoms with Crippen LogP contribution in [-0.4, -0.2) is 37.6 Å². The summed E-state index contributed by atoms with van der Waals surface area (Å²) in [4.78, 5) is 30.8. The van der Waals surface area contributed by atoms with Gasteiger partial charge in [0.15, 0.2) is 14.4 Å². The average molecular weight is 482 g/mol. The van der Waals surface area contributed by atoms with Gasteiger partial charge in [-0.2, -0.15) is 0 Å². The van der Waals surface area contributed by atoms with Crippen molar-refractivity contribution in [2.45, 2.75) is 58.9 Å². The predicted octanol–water partition coefficient (Wildman–Crippen LogP) is 6.16. The molecule has 34 heavy (non-hydrogen) atoms. The van der Waals surface area contributed by atoms with Gasteiger partial charge in [0.05, 0.1) is 12.3 Å². The van der Waals surface area contributed by atoms with E-state index in [0.717, 1.165) is 0 Å². The number of esters is 1. The number of hydrogen-bond donors (Lipinski definition) is 1. The van der Waals surface area contributed by atoms with E-state index in [1.807, 2.05) is 36.4 Å². The Balaban J connectivity index is 2.67. The van der Waals surface area contributed by atoms with Crippen molar-refractivity contribution >= 4 is 25.9 Å². The van der Waals surface area contributed by atoms with Crippen molar-refractivity contribution in [1.29, 1.82) is 0 Å². The summed E-state index contributed by atoms with van der Waals surface area (Å²) in [6.45, 7) is 13.6. The molecule has 7 heteroatoms. The van der Waals surface area contributed by atoms with Crippen LogP contribution in [0.1, 0.15) is 51.8 Å². The molecule has 0 spiro atoms. The fraction of sp³-hybridized carbons (Fsp3) is 0.370. The molecule has 0 unspecified atom stereocenters. The number of benzene rings is 2. The zero-order chi connectivity index (χ0) is 25.5. The van der Waals surface area contributed by atoms with Gasteiger partial charge in [-0.25, -0.2) is 9.79 Å². The zero-order valence-electron chi connectivity index (χ0n) is 21.1. The van der Waals surface area contributed by atoms with Crippen LogP contribution in [0.5, 0.6) is 0 Å². The Morgan fingerprint density at radius 1 is 1.00 bits per heavy atom. The first-order chi connectivity index (χ1) is 15.9. The molecule has 0 saturated carbocycles. The van der Waals surface area contributed by atoms with E-state index >= 15 is 0 Å². The largest absolute Gasteiger partial charge is 0.512 e. The maximum absolute atomic E-state index is 13.7. The van der Waals surface area contributed by atoms with E-state index in [2.05, 4.69) is 38.9 Å². The Hall–Kier alpha value is -3.03. The van der Waals surface area contributed by atoms with Crippen molar-refractivity contribution in [3.8, 4) is 0 Å². The monoisotopic (exact) mass is 481 g/mol. The van der Waals surface area contributed by atoms with Gasteiger partial charge in [0.25, 0.3) is 5.91 Å². The molecule has 2 aromatic rings. The third-order valence-corrected chi connectivity index (χ3v) is 10.3. The molecular weight excluding hydrogens is 446 g/mol. The Kier molecular flexibility index (Phi) is 9.12. The molecule has 6 nitrogen and oxygen atoms in total. The van der Waals surface area contributed by atoms with Crippen molar-refractivity contribution < 1.29 is 23.9 Å². The fourth-order valence-electron chi connectivity index (χ4n) is 3.01. The quantitative estimate of drug-likeness (QED) is 0.160. The zero-order valence-corrected chi connectivity index (χ0v) is 22.1. The summed E-state index contributed by atoms with van der Waals surface area (Å²) < 4.78 is 11.7. The van der Waals surface area contributed by atoms with Gasteiger partial charge in [0.1, 0.15) is 11.3 Å². The van der Waals surface area contributed by atoms with E-state index in [1.165, 1.54) is 6.92 Å². The number of amides is 1. The lowest BCUT2D eigenvalue weighted by Gasteiger charge is -2.38. The molecule has 2 aromatic carbocycles. The predicted molar refractivity (Wildman–Crippen MR) is 137 cm³/mol. The second-order valence-corrected chi connectivity index (χ2v) is 14.3. The molecule has 2 rings (SSSR count). The Morgan fingerprint density at radius 2 is 1.53 bits per heavy atom. The van der Waals surface area contributed by atoms with Crippen LogP contribution in [0.4, 0.5) is 0 Å². The number of carbonyl (C=O) groups is 2. The normalized spacial score (nSPS) is 14.3. The Bertz CT molecular complexity index is 1050. The van der Waals surface area contributed by atoms with E-state index in [-0.39, 0.29) is 28.7 Å². The number of nitrogens with zero attached hydrogens (tertiary/aromatic N) is 1. The SMILES string of the molecule is CCOC(=O)/C(C(=NC(=O)[C@H](O[Si](C)(C)C(C)(C)C)c1ccccc1)c1ccccc1)=C(\C)O. The number of rotatable bonds is 8. The second kappa shape index (κ2) is 11.4. The molecular formula is C27H35NO5Si. The van der Waals surface area contributed by atoms with Crippen LogP contribution in [0.2, 0.25) is 18.1 Å². The first-order valence-electron chi connectivity index (χ1n) is 11.4. The van der Waals surface area contributed by atoms with Crippen molar-refractivity contribution in [2.24, 2.45) is 4.99 Å². The number of carbonyl (C=O) groups excluding carboxylic acids is 2. The highest BCUT2D eigenvalue weighted by molar-refractivity contribution is 6.74. The van der Waals surface area contributed by atoms with Crippen LogP contribution in [0.25, 0.3) is 0 Å². The van der Waals surface area contributed by atoms with Crippen LogP contribution >= 0.6 is 0 Å². The minimum absolute atomic E-state index is 0.0452. The Morgan fingerprint density at radius 3 is 2.00 bits per heavy atom. The summed E-state index contributed by atoms with van der Waals surface area (Å²) in [5, 5.41) is 10.2. The van der Waals surface area contributed by atoms with E-state index in [4.69, 9.17) is 9.16 Å². The third-order valence-electron chi connectivity index (χ3n) is 5.89. The number of aliphatic hydroxyl groups is 1. The van der Waals surface area contributed by atoms with Crippen LogP contribution in [0.15, 0.2) is 77.0 Å². The number of hydrogen-bond acceptors (Lipinski definition) is 5. The van der Waals surface area contributed by atoms with Crippen LogP contribution in [0, 0.1) is 0 Å². The Labute approximate surface area is 203 Å². The van der Waals surface area contributed by atoms with E-state index in [9.17, 15) is 14.7 Å². The highest BCUT2D eigenvalue weighted by Crippen LogP contribution is 2.40. The van der Waals surface area contributed by atoms with Gasteiger partial charge in [-0.3, -0.25) is 4.79 Å². The number of aliphatic hydroxyl groups excluding tert-OH is 1. The van der Waals surface area contributed by atoms with Gasteiger partial charge < -0.3 is 14.3 Å². The molecule has 0 bridgehead atoms. The molecule has 182 valence electrons. The van der Waals surface area contributed by atoms with Gasteiger partial charge in [-0.05, 0) is 37.5 Å². The van der Waals surface area contributed by atoms with E-state index in [0.29, 0.717) is 11.1 Å². The fourth-order valence-corrected chi connectivity index (χ4v) is 4.19. The smallest absolute Gasteiger partial charge is 0.343 e. The molecule has 0 radical (unpaired) electrons. The van der Waals surface area contributed by atoms with Gasteiger partial charge >= 0.3 is 5.97 Å². The van der Waals surface area contributed by atoms with Crippen LogP contribution < -0.4 is 0 Å². The van der Waals surface area contributed by atoms with Gasteiger partial charge in [0.2, 0.25) is 0 Å². The minimum atomic E-state index is -2.37. The van der Waals surface area contributed by atoms with Gasteiger partial charge in [0, 0.05) is 5.56 Å². The van der Waals surface area contributed by atoms with Gasteiger partial charge in [-0.15, -0.1) is 0 Å². The molecule has 0 aromatic heterocycles. The molecule has 0 aliphatic heterocycles. The molecule has 1 amide bonds. The van der Waals surface area contributed by atoms with Gasteiger partial charge in [-0.1, -0.05) is 81.4 Å². The summed E-state index contributed by atoms with van der Waals surface area (Å²) >= 11 is 0. The van der Waals surface area contributed by atoms with Crippen LogP contribution in [0.3, 0.4) is 0 Å². The third kappa shape index (κ3) is 6.74. The van der Waals surface area contributed by atoms with Crippen molar-refractivity contribution in [1.82, 2.24) is 0 Å². The molecule has 0 saturated heterocycles. The highest BCUT2D eigenvalue weighted by atomic mass is 28.4. The van der Waals surface area contributed by atoms with Crippen molar-refractivity contribution in [3.63, 3.8) is 0 Å². The number of ether oxygens (including phenoxy) is 1. The second-order valence-electron chi connectivity index (χ2n) is 9.51. The van der Waals surface area contributed by atoms with Crippen molar-refractivity contribution in [2.75, 3.05) is 6.61 Å². The van der Waals surface area contributed by atoms with Crippen molar-refractivity contribution in [3.05, 3.63) is 83.1 Å². The standard InChI is InChI=1S/C27H35NO5Si/c1-8-32-26(31)22(19(2)29)23(20-15-11-9-12-16-20)28-25(30)24(21-17-13-10-14-18-21)33-34(6,7)27(3,4)5/h9-18,24,29H,8H2,1-7H3/b22-19+,28-23?/t24-/m1/s1. The molecule has 0 aliphatic rings. The number of aliphatic imine (C=N–C) groups is 1. The maximum atomic E-state index is 13.7. The summed E-state index contributed by atoms with van der Waals surface area (Å²) in [5.41, 5.74) is 1.08.